The van der Waals surface area contributed by atoms with Crippen LogP contribution in [0.1, 0.15) is 39.7 Å². The van der Waals surface area contributed by atoms with E-state index in [1.807, 2.05) is 27.7 Å². The Morgan fingerprint density at radius 1 is 1.14 bits per heavy atom. The van der Waals surface area contributed by atoms with Crippen molar-refractivity contribution >= 4 is 23.5 Å². The van der Waals surface area contributed by atoms with Crippen LogP contribution in [-0.2, 0) is 9.31 Å². The fourth-order valence-electron chi connectivity index (χ4n) is 2.47. The lowest BCUT2D eigenvalue weighted by molar-refractivity contribution is 0.00578. The van der Waals surface area contributed by atoms with Gasteiger partial charge in [-0.25, -0.2) is 8.78 Å². The first kappa shape index (κ1) is 14.5. The number of benzene rings is 1. The minimum Gasteiger partial charge on any atom is -0.399 e. The molecule has 7 heteroatoms. The summed E-state index contributed by atoms with van der Waals surface area (Å²) >= 11 is 0. The van der Waals surface area contributed by atoms with Gasteiger partial charge in [0.2, 0.25) is 0 Å². The Balaban J connectivity index is 2.16. The van der Waals surface area contributed by atoms with Crippen molar-refractivity contribution in [2.45, 2.75) is 45.3 Å². The van der Waals surface area contributed by atoms with E-state index in [1.165, 1.54) is 12.3 Å². The van der Waals surface area contributed by atoms with Crippen LogP contribution < -0.4 is 5.46 Å². The number of nitrogens with one attached hydrogen (secondary N) is 1. The van der Waals surface area contributed by atoms with Crippen molar-refractivity contribution in [1.82, 2.24) is 10.2 Å². The number of hydrogen-bond donors (Lipinski definition) is 1. The molecule has 1 saturated heterocycles. The van der Waals surface area contributed by atoms with E-state index < -0.39 is 24.7 Å². The minimum atomic E-state index is -2.60. The molecule has 0 amide bonds. The Hall–Kier alpha value is -1.47. The first-order chi connectivity index (χ1) is 9.73. The SMILES string of the molecule is CC1(C)OB(c2c(C(F)F)ccc3[nH]ncc23)OC1(C)C. The van der Waals surface area contributed by atoms with E-state index in [-0.39, 0.29) is 5.56 Å². The maximum atomic E-state index is 13.4. The van der Waals surface area contributed by atoms with Crippen LogP contribution in [0.4, 0.5) is 8.78 Å². The molecular formula is C14H17BF2N2O2. The fraction of sp³-hybridized carbons (Fsp3) is 0.500. The van der Waals surface area contributed by atoms with Crippen molar-refractivity contribution in [3.05, 3.63) is 23.9 Å². The summed E-state index contributed by atoms with van der Waals surface area (Å²) in [5, 5.41) is 7.31. The van der Waals surface area contributed by atoms with Gasteiger partial charge in [-0.05, 0) is 33.8 Å². The molecule has 0 saturated carbocycles. The molecule has 2 heterocycles. The third-order valence-electron chi connectivity index (χ3n) is 4.42. The largest absolute Gasteiger partial charge is 0.496 e. The number of alkyl halides is 2. The molecule has 1 fully saturated rings. The maximum absolute atomic E-state index is 13.4. The fourth-order valence-corrected chi connectivity index (χ4v) is 2.47. The lowest BCUT2D eigenvalue weighted by Crippen LogP contribution is -2.41. The highest BCUT2D eigenvalue weighted by molar-refractivity contribution is 6.65. The molecule has 112 valence electrons. The van der Waals surface area contributed by atoms with Crippen LogP contribution in [-0.4, -0.2) is 28.5 Å². The third kappa shape index (κ3) is 2.15. The Morgan fingerprint density at radius 2 is 1.76 bits per heavy atom. The maximum Gasteiger partial charge on any atom is 0.496 e. The molecule has 4 nitrogen and oxygen atoms in total. The average Bonchev–Trinajstić information content (AvgIpc) is 2.90. The summed E-state index contributed by atoms with van der Waals surface area (Å²) in [4.78, 5) is 0. The van der Waals surface area contributed by atoms with E-state index in [4.69, 9.17) is 9.31 Å². The van der Waals surface area contributed by atoms with Crippen molar-refractivity contribution in [2.24, 2.45) is 0 Å². The van der Waals surface area contributed by atoms with Crippen molar-refractivity contribution in [2.75, 3.05) is 0 Å². The van der Waals surface area contributed by atoms with Crippen LogP contribution in [0.15, 0.2) is 18.3 Å². The summed E-state index contributed by atoms with van der Waals surface area (Å²) in [6.45, 7) is 7.57. The van der Waals surface area contributed by atoms with Crippen LogP contribution in [0.5, 0.6) is 0 Å². The van der Waals surface area contributed by atoms with E-state index in [9.17, 15) is 8.78 Å². The van der Waals surface area contributed by atoms with Crippen molar-refractivity contribution in [3.63, 3.8) is 0 Å². The number of hydrogen-bond acceptors (Lipinski definition) is 3. The van der Waals surface area contributed by atoms with Gasteiger partial charge in [-0.2, -0.15) is 5.10 Å². The Labute approximate surface area is 122 Å². The molecule has 0 aliphatic carbocycles. The molecule has 3 rings (SSSR count). The molecule has 0 radical (unpaired) electrons. The predicted molar refractivity (Wildman–Crippen MR) is 76.8 cm³/mol. The molecule has 1 aromatic carbocycles. The molecular weight excluding hydrogens is 277 g/mol. The standard InChI is InChI=1S/C14H17BF2N2O2/c1-13(2)14(3,4)21-15(20-13)11-8(12(16)17)5-6-10-9(11)7-18-19-10/h5-7,12H,1-4H3,(H,18,19). The Kier molecular flexibility index (Phi) is 3.11. The van der Waals surface area contributed by atoms with Crippen molar-refractivity contribution in [3.8, 4) is 0 Å². The van der Waals surface area contributed by atoms with Gasteiger partial charge in [-0.1, -0.05) is 6.07 Å². The quantitative estimate of drug-likeness (QED) is 0.866. The number of nitrogens with zero attached hydrogens (tertiary/aromatic N) is 1. The van der Waals surface area contributed by atoms with Gasteiger partial charge < -0.3 is 9.31 Å². The Morgan fingerprint density at radius 3 is 2.33 bits per heavy atom. The minimum absolute atomic E-state index is 0.0811. The molecule has 1 N–H and O–H groups in total. The molecule has 0 bridgehead atoms. The second-order valence-electron chi connectivity index (χ2n) is 6.29. The van der Waals surface area contributed by atoms with Gasteiger partial charge in [-0.15, -0.1) is 0 Å². The van der Waals surface area contributed by atoms with Crippen molar-refractivity contribution < 1.29 is 18.1 Å². The second kappa shape index (κ2) is 4.51. The van der Waals surface area contributed by atoms with Crippen LogP contribution in [0, 0.1) is 0 Å². The zero-order chi connectivity index (χ0) is 15.4. The molecule has 2 aromatic rings. The molecule has 1 aliphatic rings. The summed E-state index contributed by atoms with van der Waals surface area (Å²) in [6.07, 6.45) is -1.07. The zero-order valence-electron chi connectivity index (χ0n) is 12.4. The number of rotatable bonds is 2. The van der Waals surface area contributed by atoms with Gasteiger partial charge in [0.1, 0.15) is 0 Å². The topological polar surface area (TPSA) is 47.1 Å². The molecule has 21 heavy (non-hydrogen) atoms. The van der Waals surface area contributed by atoms with Gasteiger partial charge in [-0.3, -0.25) is 5.10 Å². The van der Waals surface area contributed by atoms with E-state index in [1.54, 1.807) is 6.07 Å². The van der Waals surface area contributed by atoms with Crippen LogP contribution >= 0.6 is 0 Å². The molecule has 1 aliphatic heterocycles. The van der Waals surface area contributed by atoms with Gasteiger partial charge in [0.25, 0.3) is 6.43 Å². The lowest BCUT2D eigenvalue weighted by Gasteiger charge is -2.32. The summed E-state index contributed by atoms with van der Waals surface area (Å²) < 4.78 is 38.6. The molecule has 0 unspecified atom stereocenters. The van der Waals surface area contributed by atoms with Crippen LogP contribution in [0.3, 0.4) is 0 Å². The van der Waals surface area contributed by atoms with E-state index in [0.29, 0.717) is 16.4 Å². The summed E-state index contributed by atoms with van der Waals surface area (Å²) in [5.41, 5.74) is -0.201. The number of aromatic nitrogens is 2. The highest BCUT2D eigenvalue weighted by Crippen LogP contribution is 2.37. The zero-order valence-corrected chi connectivity index (χ0v) is 12.4. The van der Waals surface area contributed by atoms with Gasteiger partial charge in [0.15, 0.2) is 0 Å². The number of aromatic amines is 1. The second-order valence-corrected chi connectivity index (χ2v) is 6.29. The van der Waals surface area contributed by atoms with Gasteiger partial charge in [0, 0.05) is 16.4 Å². The predicted octanol–water partition coefficient (Wildman–Crippen LogP) is 2.80. The summed E-state index contributed by atoms with van der Waals surface area (Å²) in [5.74, 6) is 0. The normalized spacial score (nSPS) is 20.6. The number of fused-ring (bicyclic) bond motifs is 1. The van der Waals surface area contributed by atoms with Gasteiger partial charge in [0.05, 0.1) is 22.9 Å². The highest BCUT2D eigenvalue weighted by Gasteiger charge is 2.53. The smallest absolute Gasteiger partial charge is 0.399 e. The number of halogens is 2. The van der Waals surface area contributed by atoms with Crippen LogP contribution in [0.25, 0.3) is 10.9 Å². The third-order valence-corrected chi connectivity index (χ3v) is 4.42. The number of H-pyrrole nitrogens is 1. The average molecular weight is 294 g/mol. The molecule has 0 atom stereocenters. The Bertz CT molecular complexity index is 669. The van der Waals surface area contributed by atoms with Gasteiger partial charge >= 0.3 is 7.12 Å². The summed E-state index contributed by atoms with van der Waals surface area (Å²) in [7, 11) is -0.833. The molecule has 0 spiro atoms. The first-order valence-corrected chi connectivity index (χ1v) is 6.82. The lowest BCUT2D eigenvalue weighted by atomic mass is 9.74. The van der Waals surface area contributed by atoms with E-state index in [0.717, 1.165) is 0 Å². The van der Waals surface area contributed by atoms with E-state index in [2.05, 4.69) is 10.2 Å². The monoisotopic (exact) mass is 294 g/mol. The highest BCUT2D eigenvalue weighted by atomic mass is 19.3. The van der Waals surface area contributed by atoms with Crippen LogP contribution in [0.2, 0.25) is 0 Å². The van der Waals surface area contributed by atoms with Crippen molar-refractivity contribution in [1.29, 1.82) is 0 Å². The summed E-state index contributed by atoms with van der Waals surface area (Å²) in [6, 6.07) is 2.99. The van der Waals surface area contributed by atoms with E-state index >= 15 is 0 Å². The molecule has 1 aromatic heterocycles. The first-order valence-electron chi connectivity index (χ1n) is 6.82.